The number of fused-ring (bicyclic) bond motifs is 1. The molecule has 5 nitrogen and oxygen atoms in total. The maximum Gasteiger partial charge on any atom is 0.419 e. The highest BCUT2D eigenvalue weighted by Crippen LogP contribution is 2.42. The molecule has 0 N–H and O–H groups in total. The van der Waals surface area contributed by atoms with Gasteiger partial charge in [0.1, 0.15) is 15.7 Å². The molecule has 0 bridgehead atoms. The van der Waals surface area contributed by atoms with Gasteiger partial charge in [-0.25, -0.2) is 12.8 Å². The maximum absolute atomic E-state index is 14.0. The number of rotatable bonds is 5. The molecule has 0 aliphatic rings. The summed E-state index contributed by atoms with van der Waals surface area (Å²) in [6, 6.07) is 9.89. The second-order valence-corrected chi connectivity index (χ2v) is 10.8. The number of sulfonamides is 1. The van der Waals surface area contributed by atoms with Crippen molar-refractivity contribution in [3.05, 3.63) is 76.4 Å². The first-order valence-electron chi connectivity index (χ1n) is 10.2. The van der Waals surface area contributed by atoms with Gasteiger partial charge in [-0.15, -0.1) is 11.3 Å². The van der Waals surface area contributed by atoms with Gasteiger partial charge < -0.3 is 0 Å². The van der Waals surface area contributed by atoms with Crippen LogP contribution in [-0.2, 0) is 29.8 Å². The van der Waals surface area contributed by atoms with Crippen molar-refractivity contribution in [2.24, 2.45) is 7.05 Å². The summed E-state index contributed by atoms with van der Waals surface area (Å²) in [4.78, 5) is -0.00925. The highest BCUT2D eigenvalue weighted by molar-refractivity contribution is 7.93. The van der Waals surface area contributed by atoms with E-state index in [1.165, 1.54) is 22.1 Å². The van der Waals surface area contributed by atoms with Gasteiger partial charge in [0.25, 0.3) is 10.0 Å². The summed E-state index contributed by atoms with van der Waals surface area (Å²) in [5.74, 6) is -1.41. The van der Waals surface area contributed by atoms with Gasteiger partial charge in [0, 0.05) is 11.7 Å². The summed E-state index contributed by atoms with van der Waals surface area (Å²) in [6.07, 6.45) is -4.91. The Hall–Kier alpha value is -2.92. The third-order valence-corrected chi connectivity index (χ3v) is 9.11. The molecule has 0 amide bonds. The number of hydrogen-bond donors (Lipinski definition) is 0. The van der Waals surface area contributed by atoms with Crippen molar-refractivity contribution < 1.29 is 26.0 Å². The summed E-state index contributed by atoms with van der Waals surface area (Å²) in [7, 11) is -2.62. The molecule has 4 rings (SSSR count). The molecule has 0 aliphatic heterocycles. The van der Waals surface area contributed by atoms with Gasteiger partial charge in [0.15, 0.2) is 0 Å². The number of aromatic nitrogens is 2. The van der Waals surface area contributed by atoms with Gasteiger partial charge in [-0.1, -0.05) is 24.3 Å². The average Bonchev–Trinajstić information content (AvgIpc) is 3.21. The van der Waals surface area contributed by atoms with Crippen LogP contribution in [0.3, 0.4) is 0 Å². The molecule has 0 unspecified atom stereocenters. The third-order valence-electron chi connectivity index (χ3n) is 5.70. The van der Waals surface area contributed by atoms with Crippen LogP contribution < -0.4 is 4.31 Å². The molecule has 0 saturated carbocycles. The number of nitrogens with zero attached hydrogens (tertiary/aromatic N) is 3. The van der Waals surface area contributed by atoms with Crippen LogP contribution in [0.5, 0.6) is 0 Å². The Morgan fingerprint density at radius 1 is 1.09 bits per heavy atom. The van der Waals surface area contributed by atoms with E-state index in [1.54, 1.807) is 27.8 Å². The minimum absolute atomic E-state index is 0.00773. The van der Waals surface area contributed by atoms with E-state index in [1.807, 2.05) is 24.3 Å². The van der Waals surface area contributed by atoms with E-state index in [0.717, 1.165) is 14.4 Å². The Bertz CT molecular complexity index is 1500. The van der Waals surface area contributed by atoms with Crippen LogP contribution in [-0.4, -0.2) is 18.2 Å². The first-order valence-corrected chi connectivity index (χ1v) is 12.4. The lowest BCUT2D eigenvalue weighted by Gasteiger charge is -2.25. The van der Waals surface area contributed by atoms with Crippen molar-refractivity contribution in [3.63, 3.8) is 0 Å². The van der Waals surface area contributed by atoms with Crippen molar-refractivity contribution >= 4 is 36.4 Å². The number of thiophene rings is 1. The zero-order valence-electron chi connectivity index (χ0n) is 18.7. The quantitative estimate of drug-likeness (QED) is 0.304. The number of anilines is 1. The minimum Gasteiger partial charge on any atom is -0.271 e. The van der Waals surface area contributed by atoms with Crippen LogP contribution >= 0.6 is 11.3 Å². The van der Waals surface area contributed by atoms with Gasteiger partial charge >= 0.3 is 6.18 Å². The molecule has 180 valence electrons. The average molecular weight is 512 g/mol. The van der Waals surface area contributed by atoms with Crippen LogP contribution in [0, 0.1) is 26.6 Å². The Morgan fingerprint density at radius 2 is 1.76 bits per heavy atom. The highest BCUT2D eigenvalue weighted by Gasteiger charge is 2.36. The molecule has 0 fully saturated rings. The van der Waals surface area contributed by atoms with Crippen molar-refractivity contribution in [1.82, 2.24) is 9.78 Å². The first-order chi connectivity index (χ1) is 15.8. The van der Waals surface area contributed by atoms with E-state index in [-0.39, 0.29) is 16.2 Å². The number of aryl methyl sites for hydroxylation is 3. The van der Waals surface area contributed by atoms with E-state index in [4.69, 9.17) is 0 Å². The fourth-order valence-corrected chi connectivity index (χ4v) is 7.29. The molecule has 0 radical (unpaired) electrons. The van der Waals surface area contributed by atoms with Gasteiger partial charge in [-0.2, -0.15) is 18.3 Å². The molecule has 11 heteroatoms. The lowest BCUT2D eigenvalue weighted by atomic mass is 10.1. The van der Waals surface area contributed by atoms with Crippen LogP contribution in [0.15, 0.2) is 47.4 Å². The number of alkyl halides is 3. The van der Waals surface area contributed by atoms with Gasteiger partial charge in [-0.05, 0) is 55.5 Å². The molecule has 0 spiro atoms. The van der Waals surface area contributed by atoms with Crippen LogP contribution in [0.4, 0.5) is 22.6 Å². The molecule has 0 aliphatic carbocycles. The standard InChI is InChI=1S/C23H21F4N3O2S2/c1-13-17-7-5-6-8-20(17)33-22(13)30(34(31,32)21-14(2)28-29(4)15(21)3)12-16-9-10-19(24)18(11-16)23(25,26)27/h5-11H,12H2,1-4H3. The van der Waals surface area contributed by atoms with Crippen LogP contribution in [0.1, 0.15) is 28.1 Å². The van der Waals surface area contributed by atoms with Crippen molar-refractivity contribution in [2.75, 3.05) is 4.31 Å². The van der Waals surface area contributed by atoms with E-state index >= 15 is 0 Å². The highest BCUT2D eigenvalue weighted by atomic mass is 32.2. The molecule has 0 atom stereocenters. The van der Waals surface area contributed by atoms with Gasteiger partial charge in [0.05, 0.1) is 23.5 Å². The van der Waals surface area contributed by atoms with E-state index in [2.05, 4.69) is 5.10 Å². The zero-order chi connectivity index (χ0) is 25.0. The summed E-state index contributed by atoms with van der Waals surface area (Å²) >= 11 is 1.23. The maximum atomic E-state index is 14.0. The molecule has 34 heavy (non-hydrogen) atoms. The Labute approximate surface area is 198 Å². The second kappa shape index (κ2) is 8.38. The van der Waals surface area contributed by atoms with Crippen LogP contribution in [0.2, 0.25) is 0 Å². The topological polar surface area (TPSA) is 55.2 Å². The predicted octanol–water partition coefficient (Wildman–Crippen LogP) is 6.11. The Balaban J connectivity index is 1.93. The minimum atomic E-state index is -4.91. The number of benzene rings is 2. The van der Waals surface area contributed by atoms with Crippen molar-refractivity contribution in [3.8, 4) is 0 Å². The summed E-state index contributed by atoms with van der Waals surface area (Å²) in [6.45, 7) is 4.54. The van der Waals surface area contributed by atoms with E-state index in [0.29, 0.717) is 28.4 Å². The van der Waals surface area contributed by atoms with E-state index in [9.17, 15) is 26.0 Å². The fourth-order valence-electron chi connectivity index (χ4n) is 3.96. The molecular weight excluding hydrogens is 490 g/mol. The lowest BCUT2D eigenvalue weighted by molar-refractivity contribution is -0.140. The number of hydrogen-bond acceptors (Lipinski definition) is 4. The predicted molar refractivity (Wildman–Crippen MR) is 124 cm³/mol. The SMILES string of the molecule is Cc1nn(C)c(C)c1S(=O)(=O)N(Cc1ccc(F)c(C(F)(F)F)c1)c1sc2ccccc2c1C. The molecule has 2 aromatic carbocycles. The van der Waals surface area contributed by atoms with Gasteiger partial charge in [-0.3, -0.25) is 8.99 Å². The molecule has 2 heterocycles. The van der Waals surface area contributed by atoms with Crippen LogP contribution in [0.25, 0.3) is 10.1 Å². The van der Waals surface area contributed by atoms with Crippen molar-refractivity contribution in [1.29, 1.82) is 0 Å². The summed E-state index contributed by atoms with van der Waals surface area (Å²) in [5.41, 5.74) is -0.0748. The zero-order valence-corrected chi connectivity index (χ0v) is 20.4. The van der Waals surface area contributed by atoms with Gasteiger partial charge in [0.2, 0.25) is 0 Å². The Kier molecular flexibility index (Phi) is 5.97. The third kappa shape index (κ3) is 4.07. The normalized spacial score (nSPS) is 12.5. The smallest absolute Gasteiger partial charge is 0.271 e. The molecule has 0 saturated heterocycles. The summed E-state index contributed by atoms with van der Waals surface area (Å²) < 4.78 is 85.1. The first kappa shape index (κ1) is 24.2. The van der Waals surface area contributed by atoms with E-state index < -0.39 is 34.1 Å². The molecule has 2 aromatic heterocycles. The molecular formula is C23H21F4N3O2S2. The second-order valence-electron chi connectivity index (χ2n) is 7.98. The van der Waals surface area contributed by atoms with Crippen molar-refractivity contribution in [2.45, 2.75) is 38.4 Å². The fraction of sp³-hybridized carbons (Fsp3) is 0.261. The Morgan fingerprint density at radius 3 is 2.35 bits per heavy atom. The number of halogens is 4. The largest absolute Gasteiger partial charge is 0.419 e. The monoisotopic (exact) mass is 511 g/mol. The summed E-state index contributed by atoms with van der Waals surface area (Å²) in [5, 5.41) is 5.42. The molecule has 4 aromatic rings. The lowest BCUT2D eigenvalue weighted by Crippen LogP contribution is -2.31.